The van der Waals surface area contributed by atoms with Gasteiger partial charge in [-0.25, -0.2) is 22.0 Å². The molecule has 3 rings (SSSR count). The third-order valence-corrected chi connectivity index (χ3v) is 6.66. The van der Waals surface area contributed by atoms with Crippen LogP contribution in [0.4, 0.5) is 5.69 Å². The fourth-order valence-electron chi connectivity index (χ4n) is 2.65. The molecular weight excluding hydrogens is 396 g/mol. The van der Waals surface area contributed by atoms with Crippen molar-refractivity contribution in [3.05, 3.63) is 17.2 Å². The minimum Gasteiger partial charge on any atom is -0.366 e. The number of likely N-dealkylation sites (tertiary alicyclic amines) is 1. The molecule has 1 aromatic rings. The summed E-state index contributed by atoms with van der Waals surface area (Å²) in [4.78, 5) is 23.4. The summed E-state index contributed by atoms with van der Waals surface area (Å²) >= 11 is 5.87. The number of halogens is 1. The Labute approximate surface area is 148 Å². The first-order chi connectivity index (χ1) is 11.5. The molecule has 1 fully saturated rings. The van der Waals surface area contributed by atoms with E-state index in [2.05, 4.69) is 10.0 Å². The molecule has 136 valence electrons. The van der Waals surface area contributed by atoms with Crippen LogP contribution in [-0.4, -0.2) is 46.3 Å². The normalized spacial score (nSPS) is 22.6. The molecule has 1 atom stereocenters. The number of hydrogen-bond donors (Lipinski definition) is 3. The van der Waals surface area contributed by atoms with Crippen LogP contribution in [0.5, 0.6) is 0 Å². The molecular formula is C12H13ClN4O6S2. The van der Waals surface area contributed by atoms with Crippen molar-refractivity contribution in [2.24, 2.45) is 5.14 Å². The molecule has 25 heavy (non-hydrogen) atoms. The first kappa shape index (κ1) is 18.1. The molecule has 1 aromatic carbocycles. The van der Waals surface area contributed by atoms with Gasteiger partial charge in [-0.05, 0) is 12.1 Å². The Morgan fingerprint density at radius 1 is 1.24 bits per heavy atom. The molecule has 2 aliphatic heterocycles. The summed E-state index contributed by atoms with van der Waals surface area (Å²) in [7, 11) is -8.32. The highest BCUT2D eigenvalue weighted by atomic mass is 35.5. The van der Waals surface area contributed by atoms with Crippen molar-refractivity contribution < 1.29 is 26.4 Å². The quantitative estimate of drug-likeness (QED) is 0.551. The highest BCUT2D eigenvalue weighted by Crippen LogP contribution is 2.33. The van der Waals surface area contributed by atoms with Crippen LogP contribution in [0.3, 0.4) is 0 Å². The van der Waals surface area contributed by atoms with Gasteiger partial charge in [-0.1, -0.05) is 11.6 Å². The van der Waals surface area contributed by atoms with Gasteiger partial charge in [0.25, 0.3) is 0 Å². The van der Waals surface area contributed by atoms with Crippen molar-refractivity contribution in [1.29, 1.82) is 0 Å². The SMILES string of the molecule is NS(=O)(=O)c1cc2c(cc1Cl)N[C@H](CN1C(=O)CCC1=O)NS2(=O)=O. The Morgan fingerprint density at radius 2 is 1.84 bits per heavy atom. The number of amides is 2. The molecule has 0 radical (unpaired) electrons. The molecule has 2 heterocycles. The largest absolute Gasteiger partial charge is 0.366 e. The number of fused-ring (bicyclic) bond motifs is 1. The number of nitrogens with one attached hydrogen (secondary N) is 2. The highest BCUT2D eigenvalue weighted by Gasteiger charge is 2.36. The Hall–Kier alpha value is -1.73. The molecule has 1 saturated heterocycles. The number of nitrogens with two attached hydrogens (primary N) is 1. The van der Waals surface area contributed by atoms with Crippen molar-refractivity contribution in [2.45, 2.75) is 28.8 Å². The zero-order valence-corrected chi connectivity index (χ0v) is 14.9. The van der Waals surface area contributed by atoms with Gasteiger partial charge in [0.15, 0.2) is 0 Å². The van der Waals surface area contributed by atoms with Gasteiger partial charge < -0.3 is 5.32 Å². The van der Waals surface area contributed by atoms with Gasteiger partial charge in [0.05, 0.1) is 17.3 Å². The van der Waals surface area contributed by atoms with Crippen LogP contribution in [0.15, 0.2) is 21.9 Å². The lowest BCUT2D eigenvalue weighted by atomic mass is 10.3. The molecule has 4 N–H and O–H groups in total. The van der Waals surface area contributed by atoms with E-state index in [1.807, 2.05) is 0 Å². The molecule has 0 aromatic heterocycles. The summed E-state index contributed by atoms with van der Waals surface area (Å²) in [6.07, 6.45) is -0.809. The van der Waals surface area contributed by atoms with Crippen LogP contribution in [0.2, 0.25) is 5.02 Å². The molecule has 2 amide bonds. The lowest BCUT2D eigenvalue weighted by Crippen LogP contribution is -2.52. The second-order valence-corrected chi connectivity index (χ2v) is 9.16. The second kappa shape index (κ2) is 5.92. The van der Waals surface area contributed by atoms with Gasteiger partial charge in [-0.15, -0.1) is 0 Å². The maximum absolute atomic E-state index is 12.4. The van der Waals surface area contributed by atoms with E-state index in [1.54, 1.807) is 0 Å². The molecule has 10 nitrogen and oxygen atoms in total. The first-order valence-electron chi connectivity index (χ1n) is 6.97. The molecule has 0 saturated carbocycles. The van der Waals surface area contributed by atoms with E-state index < -0.39 is 31.1 Å². The standard InChI is InChI=1S/C12H13ClN4O6S2/c13-6-3-7-9(4-8(6)24(14,20)21)25(22,23)16-10(15-7)5-17-11(18)1-2-12(17)19/h3-4,10,15-16H,1-2,5H2,(H2,14,20,21)/t10-/m0/s1. The second-order valence-electron chi connectivity index (χ2n) is 5.54. The fourth-order valence-corrected chi connectivity index (χ4v) is 5.14. The third-order valence-electron chi connectivity index (χ3n) is 3.78. The van der Waals surface area contributed by atoms with Gasteiger partial charge in [0, 0.05) is 12.8 Å². The average molecular weight is 409 g/mol. The molecule has 2 aliphatic rings. The molecule has 0 bridgehead atoms. The number of benzene rings is 1. The lowest BCUT2D eigenvalue weighted by molar-refractivity contribution is -0.138. The van der Waals surface area contributed by atoms with Crippen LogP contribution in [0, 0.1) is 0 Å². The molecule has 13 heteroatoms. The van der Waals surface area contributed by atoms with E-state index >= 15 is 0 Å². The highest BCUT2D eigenvalue weighted by molar-refractivity contribution is 7.90. The van der Waals surface area contributed by atoms with Gasteiger partial charge in [-0.2, -0.15) is 4.72 Å². The lowest BCUT2D eigenvalue weighted by Gasteiger charge is -2.30. The van der Waals surface area contributed by atoms with Crippen LogP contribution < -0.4 is 15.2 Å². The third kappa shape index (κ3) is 3.35. The molecule has 0 aliphatic carbocycles. The van der Waals surface area contributed by atoms with Crippen molar-refractivity contribution in [2.75, 3.05) is 11.9 Å². The van der Waals surface area contributed by atoms with Crippen LogP contribution in [0.25, 0.3) is 0 Å². The van der Waals surface area contributed by atoms with E-state index in [1.165, 1.54) is 0 Å². The van der Waals surface area contributed by atoms with E-state index in [-0.39, 0.29) is 46.8 Å². The Bertz CT molecular complexity index is 975. The van der Waals surface area contributed by atoms with Crippen molar-refractivity contribution in [3.63, 3.8) is 0 Å². The maximum atomic E-state index is 12.4. The van der Waals surface area contributed by atoms with Gasteiger partial charge in [0.1, 0.15) is 16.0 Å². The smallest absolute Gasteiger partial charge is 0.244 e. The van der Waals surface area contributed by atoms with Crippen LogP contribution in [-0.2, 0) is 29.6 Å². The minimum atomic E-state index is -4.21. The first-order valence-corrected chi connectivity index (χ1v) is 10.4. The predicted octanol–water partition coefficient (Wildman–Crippen LogP) is -0.834. The Morgan fingerprint density at radius 3 is 2.40 bits per heavy atom. The Kier molecular flexibility index (Phi) is 4.28. The van der Waals surface area contributed by atoms with Gasteiger partial charge in [-0.3, -0.25) is 14.5 Å². The predicted molar refractivity (Wildman–Crippen MR) is 86.5 cm³/mol. The number of nitrogens with zero attached hydrogens (tertiary/aromatic N) is 1. The van der Waals surface area contributed by atoms with E-state index in [0.717, 1.165) is 17.0 Å². The molecule has 0 spiro atoms. The number of sulfonamides is 2. The maximum Gasteiger partial charge on any atom is 0.244 e. The van der Waals surface area contributed by atoms with Crippen molar-refractivity contribution in [1.82, 2.24) is 9.62 Å². The zero-order valence-electron chi connectivity index (χ0n) is 12.5. The number of anilines is 1. The average Bonchev–Trinajstić information content (AvgIpc) is 2.76. The number of hydrogen-bond acceptors (Lipinski definition) is 7. The summed E-state index contributed by atoms with van der Waals surface area (Å²) in [6.45, 7) is -0.203. The van der Waals surface area contributed by atoms with Crippen LogP contribution in [0.1, 0.15) is 12.8 Å². The monoisotopic (exact) mass is 408 g/mol. The van der Waals surface area contributed by atoms with Gasteiger partial charge >= 0.3 is 0 Å². The summed E-state index contributed by atoms with van der Waals surface area (Å²) < 4.78 is 50.0. The number of carbonyl (C=O) groups is 2. The zero-order chi connectivity index (χ0) is 18.6. The van der Waals surface area contributed by atoms with Crippen LogP contribution >= 0.6 is 11.6 Å². The fraction of sp³-hybridized carbons (Fsp3) is 0.333. The van der Waals surface area contributed by atoms with Crippen molar-refractivity contribution >= 4 is 49.1 Å². The molecule has 0 unspecified atom stereocenters. The summed E-state index contributed by atoms with van der Waals surface area (Å²) in [5, 5.41) is 7.55. The number of carbonyl (C=O) groups excluding carboxylic acids is 2. The number of rotatable bonds is 3. The summed E-state index contributed by atoms with van der Waals surface area (Å²) in [5.74, 6) is -0.779. The summed E-state index contributed by atoms with van der Waals surface area (Å²) in [5.41, 5.74) is 0.0419. The van der Waals surface area contributed by atoms with E-state index in [0.29, 0.717) is 0 Å². The summed E-state index contributed by atoms with van der Waals surface area (Å²) in [6, 6.07) is 1.97. The van der Waals surface area contributed by atoms with E-state index in [9.17, 15) is 26.4 Å². The minimum absolute atomic E-state index is 0.0419. The number of primary sulfonamides is 1. The van der Waals surface area contributed by atoms with E-state index in [4.69, 9.17) is 16.7 Å². The topological polar surface area (TPSA) is 156 Å². The number of imide groups is 1. The Balaban J connectivity index is 1.97. The van der Waals surface area contributed by atoms with Crippen molar-refractivity contribution in [3.8, 4) is 0 Å². The van der Waals surface area contributed by atoms with Gasteiger partial charge in [0.2, 0.25) is 31.9 Å².